The number of fused-ring (bicyclic) bond motifs is 1. The predicted octanol–water partition coefficient (Wildman–Crippen LogP) is 6.45. The van der Waals surface area contributed by atoms with Crippen molar-refractivity contribution in [2.24, 2.45) is 5.73 Å². The number of carboxylic acids is 1. The molecule has 40 heavy (non-hydrogen) atoms. The summed E-state index contributed by atoms with van der Waals surface area (Å²) in [4.78, 5) is 19.4. The van der Waals surface area contributed by atoms with Gasteiger partial charge in [0, 0.05) is 21.5 Å². The minimum absolute atomic E-state index is 0.0660. The van der Waals surface area contributed by atoms with Gasteiger partial charge in [-0.05, 0) is 47.2 Å². The van der Waals surface area contributed by atoms with E-state index in [0.717, 1.165) is 11.1 Å². The quantitative estimate of drug-likeness (QED) is 0.243. The van der Waals surface area contributed by atoms with Gasteiger partial charge in [0.05, 0.1) is 18.7 Å². The minimum Gasteiger partial charge on any atom is -0.480 e. The summed E-state index contributed by atoms with van der Waals surface area (Å²) >= 11 is 7.34. The van der Waals surface area contributed by atoms with Gasteiger partial charge in [0.15, 0.2) is 0 Å². The fourth-order valence-electron chi connectivity index (χ4n) is 4.50. The van der Waals surface area contributed by atoms with E-state index in [2.05, 4.69) is 9.97 Å². The monoisotopic (exact) mass is 589 g/mol. The zero-order chi connectivity index (χ0) is 28.4. The summed E-state index contributed by atoms with van der Waals surface area (Å²) in [5, 5.41) is 11.1. The Hall–Kier alpha value is -3.51. The standard InChI is InChI=1S/C28H23ClF3N3O4S/c29-18-5-6-19(20(12-18)17-7-9-38-10-8-17)25(28(30,31)32)39-26-24-23(34-14-35-26)21(13-40-24)16-3-1-15(2-4-16)11-22(33)27(36)37/h1-7,12-14,22,25H,8-11,33H2,(H,36,37)/t22-,25+/m0/s1. The molecule has 3 heterocycles. The molecule has 5 rings (SSSR count). The Labute approximate surface area is 236 Å². The molecule has 2 aromatic heterocycles. The van der Waals surface area contributed by atoms with Crippen LogP contribution in [0.1, 0.15) is 29.2 Å². The van der Waals surface area contributed by atoms with Gasteiger partial charge in [-0.25, -0.2) is 9.97 Å². The average Bonchev–Trinajstić information content (AvgIpc) is 3.37. The molecule has 12 heteroatoms. The number of ether oxygens (including phenoxy) is 2. The largest absolute Gasteiger partial charge is 0.480 e. The first-order chi connectivity index (χ1) is 19.1. The molecule has 3 N–H and O–H groups in total. The van der Waals surface area contributed by atoms with E-state index in [1.165, 1.54) is 35.9 Å². The maximum Gasteiger partial charge on any atom is 0.429 e. The third-order valence-corrected chi connectivity index (χ3v) is 7.68. The fourth-order valence-corrected chi connectivity index (χ4v) is 5.64. The predicted molar refractivity (Wildman–Crippen MR) is 146 cm³/mol. The number of nitrogens with zero attached hydrogens (tertiary/aromatic N) is 2. The maximum atomic E-state index is 14.5. The van der Waals surface area contributed by atoms with Gasteiger partial charge in [-0.15, -0.1) is 11.3 Å². The highest BCUT2D eigenvalue weighted by atomic mass is 35.5. The number of carboxylic acid groups (broad SMARTS) is 1. The molecule has 0 spiro atoms. The molecule has 1 aliphatic rings. The first kappa shape index (κ1) is 28.0. The van der Waals surface area contributed by atoms with E-state index in [1.807, 2.05) is 0 Å². The third kappa shape index (κ3) is 5.97. The molecule has 0 fully saturated rings. The highest BCUT2D eigenvalue weighted by Crippen LogP contribution is 2.44. The van der Waals surface area contributed by atoms with Gasteiger partial charge >= 0.3 is 12.1 Å². The molecule has 0 aliphatic carbocycles. The lowest BCUT2D eigenvalue weighted by atomic mass is 9.93. The van der Waals surface area contributed by atoms with Crippen LogP contribution in [0.15, 0.2) is 60.2 Å². The van der Waals surface area contributed by atoms with Crippen LogP contribution in [0.2, 0.25) is 5.02 Å². The van der Waals surface area contributed by atoms with Crippen molar-refractivity contribution in [2.45, 2.75) is 31.2 Å². The first-order valence-electron chi connectivity index (χ1n) is 12.2. The number of benzene rings is 2. The molecule has 2 atom stereocenters. The fraction of sp³-hybridized carbons (Fsp3) is 0.250. The Morgan fingerprint density at radius 1 is 1.18 bits per heavy atom. The second-order valence-corrected chi connectivity index (χ2v) is 10.5. The van der Waals surface area contributed by atoms with E-state index >= 15 is 0 Å². The molecule has 1 aliphatic heterocycles. The molecule has 0 saturated heterocycles. The van der Waals surface area contributed by atoms with Crippen LogP contribution >= 0.6 is 22.9 Å². The average molecular weight is 590 g/mol. The van der Waals surface area contributed by atoms with E-state index in [0.29, 0.717) is 51.6 Å². The number of rotatable bonds is 8. The van der Waals surface area contributed by atoms with E-state index in [4.69, 9.17) is 31.9 Å². The number of aromatic nitrogens is 2. The second kappa shape index (κ2) is 11.5. The van der Waals surface area contributed by atoms with Crippen molar-refractivity contribution in [1.82, 2.24) is 9.97 Å². The molecule has 0 saturated carbocycles. The zero-order valence-electron chi connectivity index (χ0n) is 20.8. The SMILES string of the molecule is N[C@@H](Cc1ccc(-c2csc3c(O[C@H](c4ccc(Cl)cc4C4=CCOCC4)C(F)(F)F)ncnc23)cc1)C(=O)O. The number of carbonyl (C=O) groups is 1. The number of aliphatic carboxylic acids is 1. The number of hydrogen-bond acceptors (Lipinski definition) is 7. The third-order valence-electron chi connectivity index (χ3n) is 6.49. The van der Waals surface area contributed by atoms with Gasteiger partial charge < -0.3 is 20.3 Å². The topological polar surface area (TPSA) is 108 Å². The van der Waals surface area contributed by atoms with E-state index in [9.17, 15) is 18.0 Å². The Balaban J connectivity index is 1.50. The van der Waals surface area contributed by atoms with Crippen LogP contribution in [0.3, 0.4) is 0 Å². The van der Waals surface area contributed by atoms with Gasteiger partial charge in [0.25, 0.3) is 0 Å². The van der Waals surface area contributed by atoms with Crippen LogP contribution in [0.4, 0.5) is 13.2 Å². The number of hydrogen-bond donors (Lipinski definition) is 2. The van der Waals surface area contributed by atoms with Gasteiger partial charge in [-0.2, -0.15) is 13.2 Å². The maximum absolute atomic E-state index is 14.5. The molecule has 208 valence electrons. The number of nitrogens with two attached hydrogens (primary N) is 1. The van der Waals surface area contributed by atoms with Crippen molar-refractivity contribution >= 4 is 44.7 Å². The molecule has 0 radical (unpaired) electrons. The van der Waals surface area contributed by atoms with Crippen LogP contribution in [0.5, 0.6) is 5.88 Å². The molecule has 0 bridgehead atoms. The van der Waals surface area contributed by atoms with Crippen LogP contribution in [-0.2, 0) is 16.0 Å². The summed E-state index contributed by atoms with van der Waals surface area (Å²) in [6, 6.07) is 10.3. The Morgan fingerprint density at radius 3 is 2.62 bits per heavy atom. The molecule has 7 nitrogen and oxygen atoms in total. The number of alkyl halides is 3. The van der Waals surface area contributed by atoms with Gasteiger partial charge in [-0.3, -0.25) is 4.79 Å². The lowest BCUT2D eigenvalue weighted by Crippen LogP contribution is -2.32. The van der Waals surface area contributed by atoms with Crippen molar-refractivity contribution < 1.29 is 32.5 Å². The zero-order valence-corrected chi connectivity index (χ0v) is 22.4. The van der Waals surface area contributed by atoms with Gasteiger partial charge in [0.2, 0.25) is 12.0 Å². The molecule has 4 aromatic rings. The highest BCUT2D eigenvalue weighted by Gasteiger charge is 2.45. The Bertz CT molecular complexity index is 1570. The summed E-state index contributed by atoms with van der Waals surface area (Å²) in [5.41, 5.74) is 9.24. The van der Waals surface area contributed by atoms with E-state index in [-0.39, 0.29) is 17.9 Å². The van der Waals surface area contributed by atoms with Crippen LogP contribution in [0.25, 0.3) is 26.9 Å². The number of thiophene rings is 1. The molecule has 2 aromatic carbocycles. The van der Waals surface area contributed by atoms with Gasteiger partial charge in [0.1, 0.15) is 17.1 Å². The van der Waals surface area contributed by atoms with Crippen molar-refractivity contribution in [2.75, 3.05) is 13.2 Å². The summed E-state index contributed by atoms with van der Waals surface area (Å²) in [5.74, 6) is -1.28. The summed E-state index contributed by atoms with van der Waals surface area (Å²) in [6.45, 7) is 0.698. The van der Waals surface area contributed by atoms with Crippen LogP contribution in [-0.4, -0.2) is 46.5 Å². The number of halogens is 4. The second-order valence-electron chi connectivity index (χ2n) is 9.18. The van der Waals surface area contributed by atoms with Crippen LogP contribution in [0, 0.1) is 0 Å². The van der Waals surface area contributed by atoms with Crippen molar-refractivity contribution in [3.05, 3.63) is 82.0 Å². The van der Waals surface area contributed by atoms with E-state index in [1.54, 1.807) is 35.7 Å². The summed E-state index contributed by atoms with van der Waals surface area (Å²) in [6.07, 6.45) is -3.52. The smallest absolute Gasteiger partial charge is 0.429 e. The Morgan fingerprint density at radius 2 is 1.95 bits per heavy atom. The van der Waals surface area contributed by atoms with Crippen molar-refractivity contribution in [3.8, 4) is 17.0 Å². The lowest BCUT2D eigenvalue weighted by Gasteiger charge is -2.25. The molecular weight excluding hydrogens is 567 g/mol. The molecule has 0 amide bonds. The molecule has 0 unspecified atom stereocenters. The van der Waals surface area contributed by atoms with Gasteiger partial charge in [-0.1, -0.05) is 48.0 Å². The van der Waals surface area contributed by atoms with E-state index < -0.39 is 24.3 Å². The highest BCUT2D eigenvalue weighted by molar-refractivity contribution is 7.18. The Kier molecular flexibility index (Phi) is 8.09. The first-order valence-corrected chi connectivity index (χ1v) is 13.5. The molecular formula is C28H23ClF3N3O4S. The minimum atomic E-state index is -4.75. The summed E-state index contributed by atoms with van der Waals surface area (Å²) < 4.78 is 54.8. The summed E-state index contributed by atoms with van der Waals surface area (Å²) in [7, 11) is 0. The van der Waals surface area contributed by atoms with Crippen LogP contribution < -0.4 is 10.5 Å². The van der Waals surface area contributed by atoms with Crippen molar-refractivity contribution in [1.29, 1.82) is 0 Å². The normalized spacial score (nSPS) is 15.5. The lowest BCUT2D eigenvalue weighted by molar-refractivity contribution is -0.198. The van der Waals surface area contributed by atoms with Crippen molar-refractivity contribution in [3.63, 3.8) is 0 Å².